The molecule has 1 aromatic rings. The van der Waals surface area contributed by atoms with E-state index in [1.165, 1.54) is 4.90 Å². The highest BCUT2D eigenvalue weighted by atomic mass is 16.5. The smallest absolute Gasteiger partial charge is 0.331 e. The lowest BCUT2D eigenvalue weighted by atomic mass is 9.92. The number of aliphatic carboxylic acids is 1. The fourth-order valence-electron chi connectivity index (χ4n) is 2.57. The first-order valence-corrected chi connectivity index (χ1v) is 6.95. The van der Waals surface area contributed by atoms with Crippen molar-refractivity contribution in [2.75, 3.05) is 33.4 Å². The van der Waals surface area contributed by atoms with Gasteiger partial charge in [0.25, 0.3) is 0 Å². The van der Waals surface area contributed by atoms with Crippen LogP contribution in [0, 0.1) is 0 Å². The summed E-state index contributed by atoms with van der Waals surface area (Å²) < 4.78 is 4.89. The van der Waals surface area contributed by atoms with Crippen LogP contribution < -0.4 is 5.32 Å². The molecule has 1 amide bonds. The number of nitrogens with one attached hydrogen (secondary N) is 1. The molecule has 0 saturated heterocycles. The molecule has 114 valence electrons. The van der Waals surface area contributed by atoms with Gasteiger partial charge in [0.15, 0.2) is 6.04 Å². The number of carbonyl (C=O) groups is 2. The van der Waals surface area contributed by atoms with Gasteiger partial charge in [0.05, 0.1) is 13.2 Å². The van der Waals surface area contributed by atoms with E-state index in [-0.39, 0.29) is 12.5 Å². The summed E-state index contributed by atoms with van der Waals surface area (Å²) in [6, 6.07) is 6.50. The summed E-state index contributed by atoms with van der Waals surface area (Å²) >= 11 is 0. The van der Waals surface area contributed by atoms with Gasteiger partial charge in [0.2, 0.25) is 5.91 Å². The molecule has 0 spiro atoms. The first-order valence-electron chi connectivity index (χ1n) is 6.95. The Kier molecular flexibility index (Phi) is 5.30. The van der Waals surface area contributed by atoms with Crippen molar-refractivity contribution in [2.24, 2.45) is 0 Å². The predicted molar refractivity (Wildman–Crippen MR) is 77.0 cm³/mol. The van der Waals surface area contributed by atoms with E-state index in [4.69, 9.17) is 4.74 Å². The topological polar surface area (TPSA) is 78.9 Å². The van der Waals surface area contributed by atoms with Gasteiger partial charge in [-0.25, -0.2) is 4.79 Å². The Morgan fingerprint density at radius 2 is 2.19 bits per heavy atom. The third-order valence-electron chi connectivity index (χ3n) is 3.60. The molecule has 0 saturated carbocycles. The molecule has 2 rings (SSSR count). The summed E-state index contributed by atoms with van der Waals surface area (Å²) in [5.41, 5.74) is 1.71. The number of benzene rings is 1. The standard InChI is InChI=1S/C15H20N2O4/c1-21-9-7-16-10-13(18)17-8-6-11-4-2-3-5-12(11)14(17)15(19)20/h2-5,14,16H,6-10H2,1H3,(H,19,20). The zero-order chi connectivity index (χ0) is 15.2. The molecule has 0 aliphatic carbocycles. The number of carboxylic acid groups (broad SMARTS) is 1. The average molecular weight is 292 g/mol. The summed E-state index contributed by atoms with van der Waals surface area (Å²) in [6.45, 7) is 1.62. The molecule has 21 heavy (non-hydrogen) atoms. The van der Waals surface area contributed by atoms with E-state index < -0.39 is 12.0 Å². The molecule has 1 unspecified atom stereocenters. The molecular weight excluding hydrogens is 272 g/mol. The van der Waals surface area contributed by atoms with E-state index in [1.54, 1.807) is 19.2 Å². The molecular formula is C15H20N2O4. The highest BCUT2D eigenvalue weighted by Gasteiger charge is 2.35. The van der Waals surface area contributed by atoms with E-state index in [1.807, 2.05) is 12.1 Å². The van der Waals surface area contributed by atoms with Crippen LogP contribution in [0.15, 0.2) is 24.3 Å². The Morgan fingerprint density at radius 1 is 1.43 bits per heavy atom. The normalized spacial score (nSPS) is 17.4. The third-order valence-corrected chi connectivity index (χ3v) is 3.60. The van der Waals surface area contributed by atoms with Crippen LogP contribution in [0.25, 0.3) is 0 Å². The maximum Gasteiger partial charge on any atom is 0.331 e. The average Bonchev–Trinajstić information content (AvgIpc) is 2.50. The molecule has 0 fully saturated rings. The van der Waals surface area contributed by atoms with Crippen molar-refractivity contribution < 1.29 is 19.4 Å². The van der Waals surface area contributed by atoms with Crippen molar-refractivity contribution in [1.29, 1.82) is 0 Å². The van der Waals surface area contributed by atoms with Crippen LogP contribution in [0.1, 0.15) is 17.2 Å². The van der Waals surface area contributed by atoms with E-state index in [0.29, 0.717) is 31.7 Å². The zero-order valence-electron chi connectivity index (χ0n) is 12.0. The van der Waals surface area contributed by atoms with Crippen LogP contribution >= 0.6 is 0 Å². The minimum atomic E-state index is -0.993. The molecule has 1 atom stereocenters. The number of methoxy groups -OCH3 is 1. The number of amides is 1. The van der Waals surface area contributed by atoms with Gasteiger partial charge in [-0.3, -0.25) is 4.79 Å². The van der Waals surface area contributed by atoms with Crippen molar-refractivity contribution >= 4 is 11.9 Å². The molecule has 1 aromatic carbocycles. The summed E-state index contributed by atoms with van der Waals surface area (Å²) in [5, 5.41) is 12.4. The highest BCUT2D eigenvalue weighted by molar-refractivity contribution is 5.86. The molecule has 2 N–H and O–H groups in total. The second-order valence-electron chi connectivity index (χ2n) is 4.95. The molecule has 6 nitrogen and oxygen atoms in total. The van der Waals surface area contributed by atoms with Gasteiger partial charge in [-0.15, -0.1) is 0 Å². The fraction of sp³-hybridized carbons (Fsp3) is 0.467. The van der Waals surface area contributed by atoms with E-state index in [9.17, 15) is 14.7 Å². The lowest BCUT2D eigenvalue weighted by Gasteiger charge is -2.34. The fourth-order valence-corrected chi connectivity index (χ4v) is 2.57. The second-order valence-corrected chi connectivity index (χ2v) is 4.95. The van der Waals surface area contributed by atoms with Crippen LogP contribution in [0.4, 0.5) is 0 Å². The first kappa shape index (κ1) is 15.5. The summed E-state index contributed by atoms with van der Waals surface area (Å²) in [5.74, 6) is -1.19. The maximum absolute atomic E-state index is 12.2. The Morgan fingerprint density at radius 3 is 2.90 bits per heavy atom. The summed E-state index contributed by atoms with van der Waals surface area (Å²) in [4.78, 5) is 25.3. The Balaban J connectivity index is 2.09. The molecule has 0 bridgehead atoms. The number of nitrogens with zero attached hydrogens (tertiary/aromatic N) is 1. The number of hydrogen-bond acceptors (Lipinski definition) is 4. The van der Waals surface area contributed by atoms with Crippen LogP contribution in [-0.2, 0) is 20.7 Å². The Labute approximate surface area is 123 Å². The Bertz CT molecular complexity index is 518. The quantitative estimate of drug-likeness (QED) is 0.744. The zero-order valence-corrected chi connectivity index (χ0v) is 12.0. The van der Waals surface area contributed by atoms with E-state index in [2.05, 4.69) is 5.32 Å². The Hall–Kier alpha value is -1.92. The van der Waals surface area contributed by atoms with Gasteiger partial charge in [-0.1, -0.05) is 24.3 Å². The van der Waals surface area contributed by atoms with E-state index in [0.717, 1.165) is 5.56 Å². The van der Waals surface area contributed by atoms with Crippen molar-refractivity contribution in [1.82, 2.24) is 10.2 Å². The molecule has 1 heterocycles. The number of carbonyl (C=O) groups excluding carboxylic acids is 1. The van der Waals surface area contributed by atoms with Gasteiger partial charge in [-0.2, -0.15) is 0 Å². The number of ether oxygens (including phenoxy) is 1. The van der Waals surface area contributed by atoms with Crippen molar-refractivity contribution in [3.05, 3.63) is 35.4 Å². The van der Waals surface area contributed by atoms with Gasteiger partial charge in [0.1, 0.15) is 0 Å². The predicted octanol–water partition coefficient (Wildman–Crippen LogP) is 0.433. The molecule has 0 radical (unpaired) electrons. The number of carboxylic acids is 1. The largest absolute Gasteiger partial charge is 0.479 e. The number of hydrogen-bond donors (Lipinski definition) is 2. The highest BCUT2D eigenvalue weighted by Crippen LogP contribution is 2.29. The summed E-state index contributed by atoms with van der Waals surface area (Å²) in [6.07, 6.45) is 0.684. The lowest BCUT2D eigenvalue weighted by molar-refractivity contribution is -0.150. The minimum absolute atomic E-state index is 0.120. The minimum Gasteiger partial charge on any atom is -0.479 e. The van der Waals surface area contributed by atoms with Crippen LogP contribution in [-0.4, -0.2) is 55.2 Å². The monoisotopic (exact) mass is 292 g/mol. The van der Waals surface area contributed by atoms with Gasteiger partial charge < -0.3 is 20.1 Å². The lowest BCUT2D eigenvalue weighted by Crippen LogP contribution is -2.47. The van der Waals surface area contributed by atoms with Crippen LogP contribution in [0.5, 0.6) is 0 Å². The van der Waals surface area contributed by atoms with Gasteiger partial charge >= 0.3 is 5.97 Å². The van der Waals surface area contributed by atoms with Gasteiger partial charge in [-0.05, 0) is 17.5 Å². The van der Waals surface area contributed by atoms with Crippen molar-refractivity contribution in [3.8, 4) is 0 Å². The van der Waals surface area contributed by atoms with Gasteiger partial charge in [0, 0.05) is 20.2 Å². The SMILES string of the molecule is COCCNCC(=O)N1CCc2ccccc2C1C(=O)O. The maximum atomic E-state index is 12.2. The van der Waals surface area contributed by atoms with Crippen LogP contribution in [0.3, 0.4) is 0 Å². The summed E-state index contributed by atoms with van der Waals surface area (Å²) in [7, 11) is 1.59. The van der Waals surface area contributed by atoms with Crippen molar-refractivity contribution in [3.63, 3.8) is 0 Å². The van der Waals surface area contributed by atoms with Crippen LogP contribution in [0.2, 0.25) is 0 Å². The van der Waals surface area contributed by atoms with E-state index >= 15 is 0 Å². The first-order chi connectivity index (χ1) is 10.1. The number of fused-ring (bicyclic) bond motifs is 1. The molecule has 0 aromatic heterocycles. The molecule has 1 aliphatic rings. The third kappa shape index (κ3) is 3.59. The molecule has 1 aliphatic heterocycles. The van der Waals surface area contributed by atoms with Crippen molar-refractivity contribution in [2.45, 2.75) is 12.5 Å². The number of rotatable bonds is 6. The second kappa shape index (κ2) is 7.19. The molecule has 6 heteroatoms.